The number of likely N-dealkylation sites (tertiary alicyclic amines) is 1. The van der Waals surface area contributed by atoms with Gasteiger partial charge in [-0.15, -0.1) is 0 Å². The van der Waals surface area contributed by atoms with E-state index in [9.17, 15) is 0 Å². The Morgan fingerprint density at radius 3 is 2.79 bits per heavy atom. The zero-order valence-electron chi connectivity index (χ0n) is 12.4. The van der Waals surface area contributed by atoms with E-state index in [0.29, 0.717) is 10.8 Å². The summed E-state index contributed by atoms with van der Waals surface area (Å²) in [6.07, 6.45) is 5.16. The highest BCUT2D eigenvalue weighted by molar-refractivity contribution is 5.80. The summed E-state index contributed by atoms with van der Waals surface area (Å²) in [5.41, 5.74) is 0.911. The van der Waals surface area contributed by atoms with Crippen molar-refractivity contribution in [1.29, 1.82) is 0 Å². The second-order valence-electron chi connectivity index (χ2n) is 6.95. The van der Waals surface area contributed by atoms with Crippen molar-refractivity contribution >= 4 is 5.96 Å². The molecule has 0 aromatic rings. The molecule has 3 fully saturated rings. The molecule has 1 unspecified atom stereocenters. The van der Waals surface area contributed by atoms with Gasteiger partial charge in [0.2, 0.25) is 0 Å². The molecule has 2 aliphatic heterocycles. The van der Waals surface area contributed by atoms with Crippen LogP contribution >= 0.6 is 0 Å². The van der Waals surface area contributed by atoms with Gasteiger partial charge in [-0.25, -0.2) is 0 Å². The molecular formula is C15H27N3O. The molecule has 4 nitrogen and oxygen atoms in total. The van der Waals surface area contributed by atoms with E-state index < -0.39 is 0 Å². The van der Waals surface area contributed by atoms with Crippen molar-refractivity contribution in [2.75, 3.05) is 39.4 Å². The minimum Gasteiger partial charge on any atom is -0.381 e. The SMILES string of the molecule is CCNC(=NCC1(C)CC1)N1CCC2(CCOC2)C1. The van der Waals surface area contributed by atoms with E-state index in [2.05, 4.69) is 24.1 Å². The number of nitrogens with zero attached hydrogens (tertiary/aromatic N) is 2. The van der Waals surface area contributed by atoms with Crippen LogP contribution in [-0.4, -0.2) is 50.3 Å². The summed E-state index contributed by atoms with van der Waals surface area (Å²) >= 11 is 0. The lowest BCUT2D eigenvalue weighted by Gasteiger charge is -2.25. The van der Waals surface area contributed by atoms with Crippen LogP contribution in [0.5, 0.6) is 0 Å². The zero-order valence-corrected chi connectivity index (χ0v) is 12.4. The predicted octanol–water partition coefficient (Wildman–Crippen LogP) is 1.86. The van der Waals surface area contributed by atoms with Gasteiger partial charge in [-0.1, -0.05) is 6.92 Å². The van der Waals surface area contributed by atoms with Gasteiger partial charge in [-0.3, -0.25) is 4.99 Å². The summed E-state index contributed by atoms with van der Waals surface area (Å²) in [6.45, 7) is 10.6. The van der Waals surface area contributed by atoms with Crippen molar-refractivity contribution < 1.29 is 4.74 Å². The van der Waals surface area contributed by atoms with Crippen molar-refractivity contribution in [3.63, 3.8) is 0 Å². The summed E-state index contributed by atoms with van der Waals surface area (Å²) in [4.78, 5) is 7.32. The smallest absolute Gasteiger partial charge is 0.193 e. The maximum absolute atomic E-state index is 5.61. The summed E-state index contributed by atoms with van der Waals surface area (Å²) in [6, 6.07) is 0. The normalized spacial score (nSPS) is 33.2. The molecule has 4 heteroatoms. The number of aliphatic imine (C=N–C) groups is 1. The van der Waals surface area contributed by atoms with Crippen LogP contribution in [0.1, 0.15) is 39.5 Å². The molecule has 0 aromatic heterocycles. The number of hydrogen-bond acceptors (Lipinski definition) is 2. The molecule has 1 aliphatic carbocycles. The van der Waals surface area contributed by atoms with E-state index in [0.717, 1.165) is 45.4 Å². The lowest BCUT2D eigenvalue weighted by atomic mass is 9.87. The number of guanidine groups is 1. The van der Waals surface area contributed by atoms with Gasteiger partial charge in [-0.05, 0) is 38.0 Å². The van der Waals surface area contributed by atoms with E-state index in [1.165, 1.54) is 25.7 Å². The fraction of sp³-hybridized carbons (Fsp3) is 0.933. The molecule has 1 N–H and O–H groups in total. The van der Waals surface area contributed by atoms with E-state index in [1.807, 2.05) is 0 Å². The van der Waals surface area contributed by atoms with Crippen LogP contribution in [0.25, 0.3) is 0 Å². The van der Waals surface area contributed by atoms with Crippen molar-refractivity contribution in [3.05, 3.63) is 0 Å². The average Bonchev–Trinajstić information content (AvgIpc) is 2.83. The summed E-state index contributed by atoms with van der Waals surface area (Å²) < 4.78 is 5.61. The molecule has 3 aliphatic rings. The van der Waals surface area contributed by atoms with Crippen LogP contribution in [0.2, 0.25) is 0 Å². The molecule has 0 radical (unpaired) electrons. The van der Waals surface area contributed by atoms with Crippen LogP contribution in [0.3, 0.4) is 0 Å². The highest BCUT2D eigenvalue weighted by Crippen LogP contribution is 2.45. The van der Waals surface area contributed by atoms with E-state index in [1.54, 1.807) is 0 Å². The Labute approximate surface area is 116 Å². The summed E-state index contributed by atoms with van der Waals surface area (Å²) in [5, 5.41) is 3.47. The molecular weight excluding hydrogens is 238 g/mol. The Morgan fingerprint density at radius 1 is 1.32 bits per heavy atom. The third kappa shape index (κ3) is 2.88. The fourth-order valence-corrected chi connectivity index (χ4v) is 3.15. The number of nitrogens with one attached hydrogen (secondary N) is 1. The molecule has 2 saturated heterocycles. The number of rotatable bonds is 3. The molecule has 0 amide bonds. The van der Waals surface area contributed by atoms with Gasteiger partial charge < -0.3 is 15.0 Å². The average molecular weight is 265 g/mol. The maximum Gasteiger partial charge on any atom is 0.193 e. The first-order valence-corrected chi connectivity index (χ1v) is 7.76. The van der Waals surface area contributed by atoms with Gasteiger partial charge in [0, 0.05) is 38.2 Å². The van der Waals surface area contributed by atoms with Crippen LogP contribution in [0.15, 0.2) is 4.99 Å². The Hall–Kier alpha value is -0.770. The molecule has 1 saturated carbocycles. The Balaban J connectivity index is 1.63. The molecule has 2 heterocycles. The second kappa shape index (κ2) is 4.97. The van der Waals surface area contributed by atoms with Gasteiger partial charge in [0.05, 0.1) is 6.61 Å². The summed E-state index contributed by atoms with van der Waals surface area (Å²) in [7, 11) is 0. The van der Waals surface area contributed by atoms with Crippen LogP contribution in [0.4, 0.5) is 0 Å². The standard InChI is InChI=1S/C15H27N3O/c1-3-16-13(17-10-14(2)4-5-14)18-8-6-15(11-18)7-9-19-12-15/h3-12H2,1-2H3,(H,16,17). The van der Waals surface area contributed by atoms with Crippen molar-refractivity contribution in [2.45, 2.75) is 39.5 Å². The van der Waals surface area contributed by atoms with Crippen molar-refractivity contribution in [1.82, 2.24) is 10.2 Å². The minimum atomic E-state index is 0.416. The maximum atomic E-state index is 5.61. The summed E-state index contributed by atoms with van der Waals surface area (Å²) in [5.74, 6) is 1.12. The first kappa shape index (κ1) is 13.2. The van der Waals surface area contributed by atoms with Gasteiger partial charge in [-0.2, -0.15) is 0 Å². The Kier molecular flexibility index (Phi) is 3.46. The van der Waals surface area contributed by atoms with Crippen LogP contribution < -0.4 is 5.32 Å². The number of ether oxygens (including phenoxy) is 1. The third-order valence-corrected chi connectivity index (χ3v) is 4.97. The molecule has 3 rings (SSSR count). The van der Waals surface area contributed by atoms with E-state index in [4.69, 9.17) is 9.73 Å². The predicted molar refractivity (Wildman–Crippen MR) is 77.4 cm³/mol. The highest BCUT2D eigenvalue weighted by atomic mass is 16.5. The van der Waals surface area contributed by atoms with Gasteiger partial charge in [0.1, 0.15) is 0 Å². The topological polar surface area (TPSA) is 36.9 Å². The monoisotopic (exact) mass is 265 g/mol. The largest absolute Gasteiger partial charge is 0.381 e. The Bertz CT molecular complexity index is 356. The molecule has 108 valence electrons. The van der Waals surface area contributed by atoms with Gasteiger partial charge in [0.15, 0.2) is 5.96 Å². The molecule has 19 heavy (non-hydrogen) atoms. The van der Waals surface area contributed by atoms with Gasteiger partial charge >= 0.3 is 0 Å². The first-order valence-electron chi connectivity index (χ1n) is 7.76. The first-order chi connectivity index (χ1) is 9.15. The minimum absolute atomic E-state index is 0.416. The van der Waals surface area contributed by atoms with Gasteiger partial charge in [0.25, 0.3) is 0 Å². The zero-order chi connectivity index (χ0) is 13.3. The lowest BCUT2D eigenvalue weighted by molar-refractivity contribution is 0.156. The van der Waals surface area contributed by atoms with E-state index in [-0.39, 0.29) is 0 Å². The molecule has 1 atom stereocenters. The number of hydrogen-bond donors (Lipinski definition) is 1. The molecule has 0 bridgehead atoms. The molecule has 1 spiro atoms. The van der Waals surface area contributed by atoms with Crippen molar-refractivity contribution in [3.8, 4) is 0 Å². The van der Waals surface area contributed by atoms with Crippen LogP contribution in [-0.2, 0) is 4.74 Å². The lowest BCUT2D eigenvalue weighted by Crippen LogP contribution is -2.41. The fourth-order valence-electron chi connectivity index (χ4n) is 3.15. The second-order valence-corrected chi connectivity index (χ2v) is 6.95. The quantitative estimate of drug-likeness (QED) is 0.625. The van der Waals surface area contributed by atoms with E-state index >= 15 is 0 Å². The Morgan fingerprint density at radius 2 is 2.16 bits per heavy atom. The van der Waals surface area contributed by atoms with Crippen molar-refractivity contribution in [2.24, 2.45) is 15.8 Å². The third-order valence-electron chi connectivity index (χ3n) is 4.97. The highest BCUT2D eigenvalue weighted by Gasteiger charge is 2.42. The molecule has 0 aromatic carbocycles. The van der Waals surface area contributed by atoms with Crippen LogP contribution in [0, 0.1) is 10.8 Å².